The number of aromatic nitrogens is 5. The Morgan fingerprint density at radius 2 is 1.82 bits per heavy atom. The van der Waals surface area contributed by atoms with Gasteiger partial charge in [0.25, 0.3) is 5.19 Å². The first-order valence-corrected chi connectivity index (χ1v) is 12.3. The van der Waals surface area contributed by atoms with E-state index in [-0.39, 0.29) is 12.0 Å². The summed E-state index contributed by atoms with van der Waals surface area (Å²) in [4.78, 5) is 17.1. The van der Waals surface area contributed by atoms with Gasteiger partial charge in [-0.15, -0.1) is 0 Å². The molecule has 4 aromatic rings. The zero-order chi connectivity index (χ0) is 22.9. The molecule has 1 aliphatic heterocycles. The third-order valence-electron chi connectivity index (χ3n) is 6.22. The van der Waals surface area contributed by atoms with Crippen molar-refractivity contribution >= 4 is 27.7 Å². The van der Waals surface area contributed by atoms with Crippen molar-refractivity contribution in [2.75, 3.05) is 18.0 Å². The molecule has 1 atom stereocenters. The van der Waals surface area contributed by atoms with Crippen LogP contribution in [-0.4, -0.2) is 39.3 Å². The molecule has 9 heteroatoms. The summed E-state index contributed by atoms with van der Waals surface area (Å²) in [5.41, 5.74) is 2.91. The van der Waals surface area contributed by atoms with Gasteiger partial charge >= 0.3 is 6.01 Å². The summed E-state index contributed by atoms with van der Waals surface area (Å²) in [6, 6.07) is 8.80. The highest BCUT2D eigenvalue weighted by atomic mass is 32.1. The van der Waals surface area contributed by atoms with Gasteiger partial charge in [-0.3, -0.25) is 0 Å². The maximum Gasteiger partial charge on any atom is 0.324 e. The van der Waals surface area contributed by atoms with Crippen LogP contribution < -0.4 is 14.2 Å². The average Bonchev–Trinajstić information content (AvgIpc) is 3.46. The first-order valence-electron chi connectivity index (χ1n) is 11.4. The van der Waals surface area contributed by atoms with Gasteiger partial charge in [0.1, 0.15) is 23.5 Å². The molecule has 8 nitrogen and oxygen atoms in total. The molecule has 4 aromatic heterocycles. The number of hydrogen-bond acceptors (Lipinski definition) is 8. The number of hydrogen-bond donors (Lipinski definition) is 0. The van der Waals surface area contributed by atoms with Crippen LogP contribution in [0.15, 0.2) is 41.2 Å². The molecule has 0 amide bonds. The lowest BCUT2D eigenvalue weighted by Gasteiger charge is -2.33. The minimum atomic E-state index is 0.0789. The topological polar surface area (TPSA) is 81.0 Å². The molecule has 0 bridgehead atoms. The molecule has 0 aliphatic carbocycles. The standard InChI is InChI=1S/C24H29N6O2S/c1-15(2)21-27-23(32-28-21)30-13-9-17(10-14-30)16(3)31-24-26-20-6-5-19(25-22(20)33-24)18-7-11-29(4)12-8-18/h5-8,11-12,15-17H,9-10,13-14H2,1-4H3/q+1. The molecule has 0 N–H and O–H groups in total. The van der Waals surface area contributed by atoms with Gasteiger partial charge in [0, 0.05) is 36.7 Å². The first-order chi connectivity index (χ1) is 16.0. The maximum atomic E-state index is 6.27. The Morgan fingerprint density at radius 3 is 2.52 bits per heavy atom. The van der Waals surface area contributed by atoms with Crippen molar-refractivity contribution in [3.63, 3.8) is 0 Å². The van der Waals surface area contributed by atoms with E-state index in [1.807, 2.05) is 36.1 Å². The van der Waals surface area contributed by atoms with Crippen molar-refractivity contribution in [1.29, 1.82) is 0 Å². The fourth-order valence-electron chi connectivity index (χ4n) is 4.08. The van der Waals surface area contributed by atoms with E-state index in [0.717, 1.165) is 53.4 Å². The third kappa shape index (κ3) is 4.68. The van der Waals surface area contributed by atoms with E-state index in [4.69, 9.17) is 14.2 Å². The molecule has 1 fully saturated rings. The number of ether oxygens (including phenoxy) is 1. The van der Waals surface area contributed by atoms with Crippen LogP contribution in [-0.2, 0) is 7.05 Å². The van der Waals surface area contributed by atoms with Gasteiger partial charge in [-0.05, 0) is 37.8 Å². The van der Waals surface area contributed by atoms with Crippen molar-refractivity contribution in [2.24, 2.45) is 13.0 Å². The molecule has 33 heavy (non-hydrogen) atoms. The van der Waals surface area contributed by atoms with Crippen LogP contribution in [0.5, 0.6) is 5.19 Å². The molecule has 1 unspecified atom stereocenters. The van der Waals surface area contributed by atoms with Crippen molar-refractivity contribution in [3.05, 3.63) is 42.5 Å². The van der Waals surface area contributed by atoms with Crippen LogP contribution >= 0.6 is 11.3 Å². The second-order valence-electron chi connectivity index (χ2n) is 8.99. The summed E-state index contributed by atoms with van der Waals surface area (Å²) in [6.45, 7) is 8.05. The highest BCUT2D eigenvalue weighted by Gasteiger charge is 2.28. The fraction of sp³-hybridized carbons (Fsp3) is 0.458. The van der Waals surface area contributed by atoms with Crippen LogP contribution in [0, 0.1) is 5.92 Å². The van der Waals surface area contributed by atoms with E-state index >= 15 is 0 Å². The smallest absolute Gasteiger partial charge is 0.324 e. The summed E-state index contributed by atoms with van der Waals surface area (Å²) in [5, 5.41) is 4.77. The Balaban J connectivity index is 1.22. The van der Waals surface area contributed by atoms with E-state index in [1.165, 1.54) is 11.3 Å². The molecule has 0 saturated carbocycles. The summed E-state index contributed by atoms with van der Waals surface area (Å²) in [7, 11) is 2.01. The quantitative estimate of drug-likeness (QED) is 0.391. The van der Waals surface area contributed by atoms with Crippen LogP contribution in [0.4, 0.5) is 6.01 Å². The Morgan fingerprint density at radius 1 is 1.06 bits per heavy atom. The highest BCUT2D eigenvalue weighted by Crippen LogP contribution is 2.32. The second-order valence-corrected chi connectivity index (χ2v) is 9.93. The lowest BCUT2D eigenvalue weighted by molar-refractivity contribution is -0.671. The number of rotatable bonds is 6. The summed E-state index contributed by atoms with van der Waals surface area (Å²) in [6.07, 6.45) is 6.16. The fourth-order valence-corrected chi connectivity index (χ4v) is 4.96. The molecule has 5 rings (SSSR count). The number of fused-ring (bicyclic) bond motifs is 1. The van der Waals surface area contributed by atoms with Crippen LogP contribution in [0.2, 0.25) is 0 Å². The van der Waals surface area contributed by atoms with Gasteiger partial charge in [-0.25, -0.2) is 14.5 Å². The van der Waals surface area contributed by atoms with Crippen molar-refractivity contribution in [1.82, 2.24) is 20.1 Å². The number of thiazole rings is 1. The van der Waals surface area contributed by atoms with Crippen molar-refractivity contribution < 1.29 is 13.8 Å². The molecule has 0 radical (unpaired) electrons. The number of pyridine rings is 2. The summed E-state index contributed by atoms with van der Waals surface area (Å²) in [5.74, 6) is 1.48. The van der Waals surface area contributed by atoms with Crippen molar-refractivity contribution in [3.8, 4) is 16.5 Å². The molecule has 5 heterocycles. The average molecular weight is 466 g/mol. The lowest BCUT2D eigenvalue weighted by atomic mass is 9.92. The zero-order valence-electron chi connectivity index (χ0n) is 19.4. The third-order valence-corrected chi connectivity index (χ3v) is 7.07. The molecule has 0 aromatic carbocycles. The van der Waals surface area contributed by atoms with E-state index in [1.54, 1.807) is 0 Å². The Hall–Kier alpha value is -3.07. The van der Waals surface area contributed by atoms with Gasteiger partial charge in [0.15, 0.2) is 18.2 Å². The van der Waals surface area contributed by atoms with Crippen molar-refractivity contribution in [2.45, 2.75) is 45.6 Å². The monoisotopic (exact) mass is 465 g/mol. The van der Waals surface area contributed by atoms with Gasteiger partial charge < -0.3 is 14.2 Å². The minimum absolute atomic E-state index is 0.0789. The minimum Gasteiger partial charge on any atom is -0.467 e. The molecule has 1 saturated heterocycles. The number of nitrogens with zero attached hydrogens (tertiary/aromatic N) is 6. The predicted octanol–water partition coefficient (Wildman–Crippen LogP) is 4.37. The molecular formula is C24H29N6O2S+. The second kappa shape index (κ2) is 9.05. The van der Waals surface area contributed by atoms with E-state index < -0.39 is 0 Å². The van der Waals surface area contributed by atoms with Gasteiger partial charge in [0.2, 0.25) is 0 Å². The molecule has 172 valence electrons. The molecular weight excluding hydrogens is 436 g/mol. The van der Waals surface area contributed by atoms with E-state index in [9.17, 15) is 0 Å². The number of anilines is 1. The first kappa shape index (κ1) is 21.8. The van der Waals surface area contributed by atoms with Gasteiger partial charge in [0.05, 0.1) is 5.69 Å². The van der Waals surface area contributed by atoms with Gasteiger partial charge in [-0.1, -0.05) is 30.3 Å². The van der Waals surface area contributed by atoms with E-state index in [2.05, 4.69) is 52.9 Å². The Labute approximate surface area is 197 Å². The zero-order valence-corrected chi connectivity index (χ0v) is 20.2. The maximum absolute atomic E-state index is 6.27. The summed E-state index contributed by atoms with van der Waals surface area (Å²) < 4.78 is 13.7. The van der Waals surface area contributed by atoms with Crippen LogP contribution in [0.25, 0.3) is 21.6 Å². The van der Waals surface area contributed by atoms with E-state index in [0.29, 0.717) is 17.1 Å². The Bertz CT molecular complexity index is 1230. The highest BCUT2D eigenvalue weighted by molar-refractivity contribution is 7.19. The molecule has 1 aliphatic rings. The number of aryl methyl sites for hydroxylation is 1. The summed E-state index contributed by atoms with van der Waals surface area (Å²) >= 11 is 1.51. The van der Waals surface area contributed by atoms with Crippen LogP contribution in [0.1, 0.15) is 45.4 Å². The Kier molecular flexibility index (Phi) is 5.97. The predicted molar refractivity (Wildman–Crippen MR) is 127 cm³/mol. The largest absolute Gasteiger partial charge is 0.467 e. The molecule has 0 spiro atoms. The van der Waals surface area contributed by atoms with Gasteiger partial charge in [-0.2, -0.15) is 4.98 Å². The normalized spacial score (nSPS) is 16.0. The SMILES string of the molecule is CC(C)c1noc(N2CCC(C(C)Oc3nc4ccc(-c5cc[n+](C)cc5)nc4s3)CC2)n1. The number of piperidine rings is 1. The lowest BCUT2D eigenvalue weighted by Crippen LogP contribution is -2.38. The van der Waals surface area contributed by atoms with Crippen LogP contribution in [0.3, 0.4) is 0 Å².